The molecule has 0 unspecified atom stereocenters. The molecule has 0 amide bonds. The minimum absolute atomic E-state index is 0.0238. The molecule has 0 radical (unpaired) electrons. The zero-order valence-corrected chi connectivity index (χ0v) is 20.9. The summed E-state index contributed by atoms with van der Waals surface area (Å²) in [5.74, 6) is -0.687. The average molecular weight is 492 g/mol. The van der Waals surface area contributed by atoms with Crippen molar-refractivity contribution in [3.05, 3.63) is 41.5 Å². The maximum Gasteiger partial charge on any atom is 0.420 e. The van der Waals surface area contributed by atoms with E-state index in [2.05, 4.69) is 12.2 Å². The number of hydrogen-bond donors (Lipinski definition) is 2. The molecule has 2 aromatic rings. The van der Waals surface area contributed by atoms with Gasteiger partial charge in [0.05, 0.1) is 12.0 Å². The number of fused-ring (bicyclic) bond motifs is 1. The Labute approximate surface area is 205 Å². The fourth-order valence-electron chi connectivity index (χ4n) is 5.84. The van der Waals surface area contributed by atoms with Crippen LogP contribution in [0.25, 0.3) is 10.8 Å². The Morgan fingerprint density at radius 2 is 1.83 bits per heavy atom. The van der Waals surface area contributed by atoms with Gasteiger partial charge in [-0.1, -0.05) is 45.4 Å². The Balaban J connectivity index is 1.60. The van der Waals surface area contributed by atoms with Crippen molar-refractivity contribution >= 4 is 16.7 Å². The Kier molecular flexibility index (Phi) is 7.11. The van der Waals surface area contributed by atoms with Gasteiger partial charge in [0.15, 0.2) is 0 Å². The van der Waals surface area contributed by atoms with E-state index in [9.17, 15) is 23.1 Å². The number of alkyl halides is 3. The molecule has 4 nitrogen and oxygen atoms in total. The summed E-state index contributed by atoms with van der Waals surface area (Å²) in [5.41, 5.74) is -0.402. The van der Waals surface area contributed by atoms with Crippen LogP contribution in [0.15, 0.2) is 30.3 Å². The van der Waals surface area contributed by atoms with E-state index in [4.69, 9.17) is 4.74 Å². The topological polar surface area (TPSA) is 58.6 Å². The van der Waals surface area contributed by atoms with Crippen LogP contribution in [-0.2, 0) is 11.0 Å². The number of carboxylic acid groups (broad SMARTS) is 1. The fourth-order valence-corrected chi connectivity index (χ4v) is 5.84. The highest BCUT2D eigenvalue weighted by atomic mass is 19.4. The van der Waals surface area contributed by atoms with E-state index in [-0.39, 0.29) is 29.3 Å². The van der Waals surface area contributed by atoms with E-state index in [0.717, 1.165) is 37.7 Å². The molecule has 0 heterocycles. The van der Waals surface area contributed by atoms with Gasteiger partial charge >= 0.3 is 12.1 Å². The lowest BCUT2D eigenvalue weighted by Gasteiger charge is -2.51. The van der Waals surface area contributed by atoms with E-state index in [1.165, 1.54) is 6.07 Å². The molecule has 2 saturated carbocycles. The zero-order chi connectivity index (χ0) is 25.5. The highest BCUT2D eigenvalue weighted by Gasteiger charge is 2.52. The monoisotopic (exact) mass is 491 g/mol. The quantitative estimate of drug-likeness (QED) is 0.425. The van der Waals surface area contributed by atoms with Gasteiger partial charge in [-0.3, -0.25) is 4.79 Å². The molecule has 2 N–H and O–H groups in total. The van der Waals surface area contributed by atoms with Gasteiger partial charge in [0.2, 0.25) is 0 Å². The molecule has 2 aliphatic carbocycles. The molecule has 0 spiro atoms. The van der Waals surface area contributed by atoms with Gasteiger partial charge in [0.25, 0.3) is 0 Å². The second-order valence-electron chi connectivity index (χ2n) is 11.0. The van der Waals surface area contributed by atoms with E-state index in [1.54, 1.807) is 18.2 Å². The molecule has 7 heteroatoms. The van der Waals surface area contributed by atoms with E-state index in [1.807, 2.05) is 26.8 Å². The fraction of sp³-hybridized carbons (Fsp3) is 0.607. The summed E-state index contributed by atoms with van der Waals surface area (Å²) in [6, 6.07) is 8.08. The summed E-state index contributed by atoms with van der Waals surface area (Å²) in [7, 11) is 0. The second-order valence-corrected chi connectivity index (χ2v) is 11.0. The standard InChI is InChI=1S/C28H36F3NO3/c1-5-17-6-11-20(12-7-17)35-23-13-10-18-8-9-19(14-21(18)25(23)28(29,30)31)16(2)32-24-15-22(26(33)34)27(24,3)4/h8-10,13-14,16-17,20,22,24,32H,5-7,11-12,15H2,1-4H3,(H,33,34)/t16-,17-,20+,22+,24+/m0/s1. The molecule has 35 heavy (non-hydrogen) atoms. The Morgan fingerprint density at radius 1 is 1.17 bits per heavy atom. The number of rotatable bonds is 7. The molecule has 0 saturated heterocycles. The molecule has 0 aliphatic heterocycles. The van der Waals surface area contributed by atoms with Gasteiger partial charge < -0.3 is 15.2 Å². The highest BCUT2D eigenvalue weighted by Crippen LogP contribution is 2.47. The number of aliphatic carboxylic acids is 1. The normalized spacial score (nSPS) is 27.3. The molecule has 0 bridgehead atoms. The molecular weight excluding hydrogens is 455 g/mol. The van der Waals surface area contributed by atoms with Crippen molar-refractivity contribution in [3.63, 3.8) is 0 Å². The predicted molar refractivity (Wildman–Crippen MR) is 130 cm³/mol. The van der Waals surface area contributed by atoms with Gasteiger partial charge in [-0.05, 0) is 78.8 Å². The number of nitrogens with one attached hydrogen (secondary N) is 1. The lowest BCUT2D eigenvalue weighted by Crippen LogP contribution is -2.59. The van der Waals surface area contributed by atoms with Crippen molar-refractivity contribution in [1.82, 2.24) is 5.32 Å². The van der Waals surface area contributed by atoms with Crippen molar-refractivity contribution in [2.45, 2.75) is 90.6 Å². The third kappa shape index (κ3) is 5.16. The summed E-state index contributed by atoms with van der Waals surface area (Å²) in [6.07, 6.45) is 0.408. The van der Waals surface area contributed by atoms with Crippen LogP contribution in [0.3, 0.4) is 0 Å². The van der Waals surface area contributed by atoms with Crippen LogP contribution in [-0.4, -0.2) is 23.2 Å². The van der Waals surface area contributed by atoms with Gasteiger partial charge in [-0.2, -0.15) is 13.2 Å². The second kappa shape index (κ2) is 9.64. The molecule has 2 fully saturated rings. The molecular formula is C28H36F3NO3. The first kappa shape index (κ1) is 25.8. The minimum atomic E-state index is -4.55. The van der Waals surface area contributed by atoms with Crippen LogP contribution in [0, 0.1) is 17.3 Å². The first-order valence-corrected chi connectivity index (χ1v) is 12.7. The number of benzene rings is 2. The van der Waals surface area contributed by atoms with E-state index in [0.29, 0.717) is 17.7 Å². The maximum absolute atomic E-state index is 14.3. The minimum Gasteiger partial charge on any atom is -0.490 e. The molecule has 2 aromatic carbocycles. The summed E-state index contributed by atoms with van der Waals surface area (Å²) >= 11 is 0. The molecule has 3 atom stereocenters. The number of carboxylic acids is 1. The zero-order valence-electron chi connectivity index (χ0n) is 20.9. The first-order valence-electron chi connectivity index (χ1n) is 12.7. The van der Waals surface area contributed by atoms with Crippen molar-refractivity contribution in [3.8, 4) is 5.75 Å². The first-order chi connectivity index (χ1) is 16.4. The van der Waals surface area contributed by atoms with Gasteiger partial charge in [0, 0.05) is 12.1 Å². The lowest BCUT2D eigenvalue weighted by molar-refractivity contribution is -0.155. The van der Waals surface area contributed by atoms with E-state index >= 15 is 0 Å². The van der Waals surface area contributed by atoms with Crippen LogP contribution in [0.2, 0.25) is 0 Å². The Morgan fingerprint density at radius 3 is 2.40 bits per heavy atom. The summed E-state index contributed by atoms with van der Waals surface area (Å²) in [6.45, 7) is 7.89. The largest absolute Gasteiger partial charge is 0.490 e. The van der Waals surface area contributed by atoms with Gasteiger partial charge in [-0.15, -0.1) is 0 Å². The molecule has 4 rings (SSSR count). The number of carbonyl (C=O) groups is 1. The SMILES string of the molecule is CC[C@H]1CC[C@@H](Oc2ccc3ccc([C@H](C)N[C@@H]4C[C@H](C(=O)O)C4(C)C)cc3c2C(F)(F)F)CC1. The van der Waals surface area contributed by atoms with Crippen molar-refractivity contribution in [2.75, 3.05) is 0 Å². The van der Waals surface area contributed by atoms with Gasteiger partial charge in [-0.25, -0.2) is 0 Å². The summed E-state index contributed by atoms with van der Waals surface area (Å²) in [4.78, 5) is 11.4. The van der Waals surface area contributed by atoms with Crippen molar-refractivity contribution in [1.29, 1.82) is 0 Å². The molecule has 0 aromatic heterocycles. The van der Waals surface area contributed by atoms with Gasteiger partial charge in [0.1, 0.15) is 11.3 Å². The third-order valence-corrected chi connectivity index (χ3v) is 8.47. The lowest BCUT2D eigenvalue weighted by atomic mass is 9.58. The third-order valence-electron chi connectivity index (χ3n) is 8.47. The summed E-state index contributed by atoms with van der Waals surface area (Å²) < 4.78 is 49.0. The van der Waals surface area contributed by atoms with Crippen LogP contribution in [0.5, 0.6) is 5.75 Å². The smallest absolute Gasteiger partial charge is 0.420 e. The number of hydrogen-bond acceptors (Lipinski definition) is 3. The van der Waals surface area contributed by atoms with Crippen molar-refractivity contribution < 1.29 is 27.8 Å². The average Bonchev–Trinajstić information content (AvgIpc) is 2.80. The number of halogens is 3. The molecule has 2 aliphatic rings. The predicted octanol–water partition coefficient (Wildman–Crippen LogP) is 7.36. The molecule has 192 valence electrons. The summed E-state index contributed by atoms with van der Waals surface area (Å²) in [5, 5.41) is 13.5. The van der Waals surface area contributed by atoms with Crippen molar-refractivity contribution in [2.24, 2.45) is 17.3 Å². The Hall–Kier alpha value is -2.28. The Bertz CT molecular complexity index is 1070. The van der Waals surface area contributed by atoms with Crippen LogP contribution < -0.4 is 10.1 Å². The van der Waals surface area contributed by atoms with Crippen LogP contribution in [0.1, 0.15) is 83.4 Å². The van der Waals surface area contributed by atoms with Crippen LogP contribution >= 0.6 is 0 Å². The van der Waals surface area contributed by atoms with Crippen LogP contribution in [0.4, 0.5) is 13.2 Å². The maximum atomic E-state index is 14.3. The van der Waals surface area contributed by atoms with E-state index < -0.39 is 29.0 Å². The highest BCUT2D eigenvalue weighted by molar-refractivity contribution is 5.89. The number of ether oxygens (including phenoxy) is 1.